The van der Waals surface area contributed by atoms with Crippen molar-refractivity contribution in [2.75, 3.05) is 13.2 Å². The fourth-order valence-corrected chi connectivity index (χ4v) is 8.62. The van der Waals surface area contributed by atoms with E-state index < -0.39 is 6.10 Å². The van der Waals surface area contributed by atoms with Gasteiger partial charge in [-0.05, 0) is 70.6 Å². The summed E-state index contributed by atoms with van der Waals surface area (Å²) in [7, 11) is 0. The van der Waals surface area contributed by atoms with Crippen LogP contribution in [0.4, 0.5) is 0 Å². The van der Waals surface area contributed by atoms with Gasteiger partial charge in [0.05, 0.1) is 0 Å². The van der Waals surface area contributed by atoms with Crippen LogP contribution in [0.3, 0.4) is 0 Å². The molecule has 0 aromatic heterocycles. The molecule has 1 atom stereocenters. The maximum absolute atomic E-state index is 12.9. The second kappa shape index (κ2) is 57.0. The van der Waals surface area contributed by atoms with Gasteiger partial charge in [-0.3, -0.25) is 14.4 Å². The molecular formula is C62H112O6. The normalized spacial score (nSPS) is 12.3. The summed E-state index contributed by atoms with van der Waals surface area (Å²) in [6, 6.07) is 0. The number of ether oxygens (including phenoxy) is 3. The van der Waals surface area contributed by atoms with Crippen LogP contribution < -0.4 is 0 Å². The van der Waals surface area contributed by atoms with E-state index in [2.05, 4.69) is 69.4 Å². The quantitative estimate of drug-likeness (QED) is 0.0199. The first-order valence-corrected chi connectivity index (χ1v) is 29.7. The zero-order chi connectivity index (χ0) is 49.3. The Kier molecular flexibility index (Phi) is 54.8. The Labute approximate surface area is 422 Å². The fraction of sp³-hybridized carbons (Fsp3) is 0.823. The van der Waals surface area contributed by atoms with Crippen molar-refractivity contribution in [2.24, 2.45) is 0 Å². The monoisotopic (exact) mass is 953 g/mol. The molecule has 0 aliphatic rings. The molecule has 0 aromatic rings. The van der Waals surface area contributed by atoms with Gasteiger partial charge in [0, 0.05) is 19.3 Å². The topological polar surface area (TPSA) is 78.9 Å². The molecule has 0 amide bonds. The average molecular weight is 954 g/mol. The van der Waals surface area contributed by atoms with Crippen LogP contribution in [0.25, 0.3) is 0 Å². The second-order valence-electron chi connectivity index (χ2n) is 20.0. The first-order chi connectivity index (χ1) is 33.5. The van der Waals surface area contributed by atoms with E-state index in [-0.39, 0.29) is 31.1 Å². The SMILES string of the molecule is CCCCCCC\C=C/C=C\C=C/CCCCCCCC(=O)OC(COC(=O)CCCCCCCCC/C=C\CCCCCCCCCC)COC(=O)CCCCCCCCCCCCCCC. The molecule has 0 radical (unpaired) electrons. The van der Waals surface area contributed by atoms with Crippen molar-refractivity contribution in [2.45, 2.75) is 316 Å². The van der Waals surface area contributed by atoms with Crippen molar-refractivity contribution < 1.29 is 28.6 Å². The highest BCUT2D eigenvalue weighted by Gasteiger charge is 2.19. The van der Waals surface area contributed by atoms with E-state index in [9.17, 15) is 14.4 Å². The first-order valence-electron chi connectivity index (χ1n) is 29.7. The number of hydrogen-bond acceptors (Lipinski definition) is 6. The molecule has 0 rings (SSSR count). The molecule has 0 saturated carbocycles. The van der Waals surface area contributed by atoms with Crippen molar-refractivity contribution in [3.8, 4) is 0 Å². The summed E-state index contributed by atoms with van der Waals surface area (Å²) in [6.07, 6.45) is 69.5. The third-order valence-electron chi connectivity index (χ3n) is 13.1. The molecule has 0 saturated heterocycles. The van der Waals surface area contributed by atoms with Crippen LogP contribution in [0.2, 0.25) is 0 Å². The molecule has 68 heavy (non-hydrogen) atoms. The summed E-state index contributed by atoms with van der Waals surface area (Å²) in [4.78, 5) is 38.2. The van der Waals surface area contributed by atoms with Crippen LogP contribution in [0.15, 0.2) is 48.6 Å². The van der Waals surface area contributed by atoms with Gasteiger partial charge in [-0.25, -0.2) is 0 Å². The second-order valence-corrected chi connectivity index (χ2v) is 20.0. The molecule has 0 aromatic carbocycles. The largest absolute Gasteiger partial charge is 0.462 e. The third kappa shape index (κ3) is 54.3. The Balaban J connectivity index is 4.38. The molecule has 396 valence electrons. The van der Waals surface area contributed by atoms with E-state index >= 15 is 0 Å². The predicted octanol–water partition coefficient (Wildman–Crippen LogP) is 19.8. The number of unbranched alkanes of at least 4 members (excludes halogenated alkanes) is 37. The molecule has 0 aliphatic heterocycles. The minimum Gasteiger partial charge on any atom is -0.462 e. The van der Waals surface area contributed by atoms with Crippen molar-refractivity contribution >= 4 is 17.9 Å². The van der Waals surface area contributed by atoms with E-state index in [4.69, 9.17) is 14.2 Å². The number of allylic oxidation sites excluding steroid dienone is 8. The van der Waals surface area contributed by atoms with Crippen molar-refractivity contribution in [3.05, 3.63) is 48.6 Å². The molecule has 6 nitrogen and oxygen atoms in total. The summed E-state index contributed by atoms with van der Waals surface area (Å²) in [5, 5.41) is 0. The minimum absolute atomic E-state index is 0.0799. The van der Waals surface area contributed by atoms with Crippen molar-refractivity contribution in [1.29, 1.82) is 0 Å². The zero-order valence-electron chi connectivity index (χ0n) is 45.4. The van der Waals surface area contributed by atoms with Crippen LogP contribution in [0, 0.1) is 0 Å². The molecule has 0 bridgehead atoms. The average Bonchev–Trinajstić information content (AvgIpc) is 3.34. The predicted molar refractivity (Wildman–Crippen MR) is 293 cm³/mol. The lowest BCUT2D eigenvalue weighted by atomic mass is 10.0. The highest BCUT2D eigenvalue weighted by Crippen LogP contribution is 2.16. The Morgan fingerprint density at radius 1 is 0.294 bits per heavy atom. The maximum atomic E-state index is 12.9. The minimum atomic E-state index is -0.783. The third-order valence-corrected chi connectivity index (χ3v) is 13.1. The Hall–Kier alpha value is -2.63. The molecular weight excluding hydrogens is 841 g/mol. The number of rotatable bonds is 54. The van der Waals surface area contributed by atoms with Crippen LogP contribution in [0.5, 0.6) is 0 Å². The lowest BCUT2D eigenvalue weighted by Crippen LogP contribution is -2.30. The van der Waals surface area contributed by atoms with Gasteiger partial charge in [0.2, 0.25) is 0 Å². The lowest BCUT2D eigenvalue weighted by Gasteiger charge is -2.18. The van der Waals surface area contributed by atoms with Gasteiger partial charge in [-0.15, -0.1) is 0 Å². The molecule has 0 spiro atoms. The standard InChI is InChI=1S/C62H112O6/c1-4-7-10-13-16-19-22-25-27-29-31-33-34-37-40-43-46-49-52-55-61(64)67-58-59(57-66-60(63)54-51-48-45-42-39-36-24-21-18-15-12-9-6-3)68-62(65)56-53-50-47-44-41-38-35-32-30-28-26-23-20-17-14-11-8-5-2/h23,26,28-32,35,59H,4-22,24-25,27,33-34,36-58H2,1-3H3/b26-23-,30-28-,31-29-,35-32-. The van der Waals surface area contributed by atoms with E-state index in [0.29, 0.717) is 19.3 Å². The van der Waals surface area contributed by atoms with Gasteiger partial charge in [0.25, 0.3) is 0 Å². The Morgan fingerprint density at radius 3 is 0.853 bits per heavy atom. The van der Waals surface area contributed by atoms with Crippen LogP contribution >= 0.6 is 0 Å². The molecule has 0 heterocycles. The van der Waals surface area contributed by atoms with Gasteiger partial charge in [0.1, 0.15) is 13.2 Å². The highest BCUT2D eigenvalue weighted by molar-refractivity contribution is 5.71. The van der Waals surface area contributed by atoms with Gasteiger partial charge in [-0.1, -0.05) is 268 Å². The number of carbonyl (C=O) groups excluding carboxylic acids is 3. The Bertz CT molecular complexity index is 1190. The highest BCUT2D eigenvalue weighted by atomic mass is 16.6. The van der Waals surface area contributed by atoms with Gasteiger partial charge < -0.3 is 14.2 Å². The number of carbonyl (C=O) groups is 3. The molecule has 0 N–H and O–H groups in total. The van der Waals surface area contributed by atoms with Gasteiger partial charge in [0.15, 0.2) is 6.10 Å². The van der Waals surface area contributed by atoms with E-state index in [1.165, 1.54) is 193 Å². The van der Waals surface area contributed by atoms with Gasteiger partial charge in [-0.2, -0.15) is 0 Å². The number of esters is 3. The van der Waals surface area contributed by atoms with Crippen LogP contribution in [-0.2, 0) is 28.6 Å². The first kappa shape index (κ1) is 65.4. The van der Waals surface area contributed by atoms with Crippen molar-refractivity contribution in [1.82, 2.24) is 0 Å². The summed E-state index contributed by atoms with van der Waals surface area (Å²) in [5.41, 5.74) is 0. The van der Waals surface area contributed by atoms with E-state index in [0.717, 1.165) is 77.0 Å². The molecule has 6 heteroatoms. The Morgan fingerprint density at radius 2 is 0.544 bits per heavy atom. The zero-order valence-corrected chi connectivity index (χ0v) is 45.4. The summed E-state index contributed by atoms with van der Waals surface area (Å²) < 4.78 is 16.9. The summed E-state index contributed by atoms with van der Waals surface area (Å²) in [6.45, 7) is 6.64. The van der Waals surface area contributed by atoms with E-state index in [1.54, 1.807) is 0 Å². The summed E-state index contributed by atoms with van der Waals surface area (Å²) >= 11 is 0. The van der Waals surface area contributed by atoms with Crippen molar-refractivity contribution in [3.63, 3.8) is 0 Å². The van der Waals surface area contributed by atoms with Gasteiger partial charge >= 0.3 is 17.9 Å². The fourth-order valence-electron chi connectivity index (χ4n) is 8.62. The molecule has 1 unspecified atom stereocenters. The summed E-state index contributed by atoms with van der Waals surface area (Å²) in [5.74, 6) is -0.889. The number of hydrogen-bond donors (Lipinski definition) is 0. The molecule has 0 fully saturated rings. The smallest absolute Gasteiger partial charge is 0.306 e. The lowest BCUT2D eigenvalue weighted by molar-refractivity contribution is -0.167. The maximum Gasteiger partial charge on any atom is 0.306 e. The van der Waals surface area contributed by atoms with Crippen LogP contribution in [-0.4, -0.2) is 37.2 Å². The molecule has 0 aliphatic carbocycles. The van der Waals surface area contributed by atoms with Crippen LogP contribution in [0.1, 0.15) is 310 Å². The van der Waals surface area contributed by atoms with E-state index in [1.807, 2.05) is 0 Å².